The fourth-order valence-electron chi connectivity index (χ4n) is 0. The van der Waals surface area contributed by atoms with E-state index in [-0.39, 0.29) is 0 Å². The predicted molar refractivity (Wildman–Crippen MR) is 12.4 cm³/mol. The van der Waals surface area contributed by atoms with Crippen LogP contribution >= 0.6 is 0 Å². The van der Waals surface area contributed by atoms with Crippen molar-refractivity contribution >= 4 is 21.1 Å². The molecule has 1 radical (unpaired) electrons. The molecule has 0 heterocycles. The van der Waals surface area contributed by atoms with Crippen molar-refractivity contribution in [3.8, 4) is 0 Å². The Labute approximate surface area is 59.2 Å². The number of rotatable bonds is 0. The first-order chi connectivity index (χ1) is 3.41. The second-order valence-corrected chi connectivity index (χ2v) is 2.83. The van der Waals surface area contributed by atoms with Gasteiger partial charge >= 0.3 is 59.3 Å². The van der Waals surface area contributed by atoms with Gasteiger partial charge in [-0.25, -0.2) is 0 Å². The molecule has 0 aliphatic heterocycles. The van der Waals surface area contributed by atoms with Gasteiger partial charge in [-0.2, -0.15) is 0 Å². The predicted octanol–water partition coefficient (Wildman–Crippen LogP) is 2.14. The van der Waals surface area contributed by atoms with Crippen LogP contribution < -0.4 is 0 Å². The van der Waals surface area contributed by atoms with Crippen molar-refractivity contribution in [3.63, 3.8) is 0 Å². The van der Waals surface area contributed by atoms with E-state index in [1.54, 1.807) is 0 Å². The standard InChI is InChI=1S/Ag.6FH.Sb/h;6*1H;/q+2;;;;;;;+4/p-6. The molecule has 0 spiro atoms. The molecular weight excluding hydrogens is 344 g/mol. The topological polar surface area (TPSA) is 0 Å². The minimum atomic E-state index is -7.10. The van der Waals surface area contributed by atoms with E-state index >= 15 is 0 Å². The molecule has 0 rings (SSSR count). The molecule has 0 fully saturated rings. The van der Waals surface area contributed by atoms with E-state index in [2.05, 4.69) is 0 Å². The Balaban J connectivity index is 0. The van der Waals surface area contributed by atoms with Crippen LogP contribution in [0.4, 0.5) is 17.3 Å². The summed E-state index contributed by atoms with van der Waals surface area (Å²) in [6, 6.07) is 0. The van der Waals surface area contributed by atoms with Crippen LogP contribution in [0, 0.1) is 0 Å². The van der Waals surface area contributed by atoms with Gasteiger partial charge in [0, 0.05) is 0 Å². The number of hydrogen-bond acceptors (Lipinski definition) is 0. The fraction of sp³-hybridized carbons (Fsp3) is 0. The summed E-state index contributed by atoms with van der Waals surface area (Å²) >= 11 is -9.03. The Morgan fingerprint density at radius 3 is 0.875 bits per heavy atom. The first-order valence-corrected chi connectivity index (χ1v) is 5.88. The average Bonchev–Trinajstić information content (AvgIpc) is 1.27. The molecule has 0 aliphatic carbocycles. The molecule has 0 bridgehead atoms. The van der Waals surface area contributed by atoms with Crippen LogP contribution in [0.5, 0.6) is 0 Å². The van der Waals surface area contributed by atoms with Gasteiger partial charge in [-0.05, 0) is 0 Å². The van der Waals surface area contributed by atoms with Crippen LogP contribution in [0.1, 0.15) is 0 Å². The Bertz CT molecular complexity index is 32.3. The summed E-state index contributed by atoms with van der Waals surface area (Å²) in [6.07, 6.45) is 0. The molecule has 0 N–H and O–H groups in total. The number of hydrogen-bond donors (Lipinski definition) is 0. The van der Waals surface area contributed by atoms with Crippen molar-refractivity contribution in [2.24, 2.45) is 0 Å². The summed E-state index contributed by atoms with van der Waals surface area (Å²) in [5.41, 5.74) is 0. The third-order valence-corrected chi connectivity index (χ3v) is 0. The van der Waals surface area contributed by atoms with Gasteiger partial charge in [0.2, 0.25) is 0 Å². The van der Waals surface area contributed by atoms with Crippen molar-refractivity contribution < 1.29 is 38.1 Å². The fourth-order valence-corrected chi connectivity index (χ4v) is 0. The molecule has 8 heavy (non-hydrogen) atoms. The van der Waals surface area contributed by atoms with Gasteiger partial charge in [-0.1, -0.05) is 0 Å². The van der Waals surface area contributed by atoms with E-state index in [9.17, 15) is 17.3 Å². The van der Waals surface area contributed by atoms with E-state index in [0.717, 1.165) is 0 Å². The molecule has 58 valence electrons. The minimum absolute atomic E-state index is 1.93. The van der Waals surface area contributed by atoms with Crippen molar-refractivity contribution in [2.45, 2.75) is 0 Å². The summed E-state index contributed by atoms with van der Waals surface area (Å²) < 4.78 is 58.9. The third kappa shape index (κ3) is 208. The second-order valence-electron chi connectivity index (χ2n) is 0.426. The molecule has 0 saturated heterocycles. The molecule has 8 heteroatoms. The van der Waals surface area contributed by atoms with Crippen LogP contribution in [0.3, 0.4) is 0 Å². The van der Waals surface area contributed by atoms with E-state index in [0.29, 0.717) is 0 Å². The first-order valence-electron chi connectivity index (χ1n) is 0.904. The van der Waals surface area contributed by atoms with Gasteiger partial charge in [0.25, 0.3) is 0 Å². The molecule has 0 unspecified atom stereocenters. The summed E-state index contributed by atoms with van der Waals surface area (Å²) in [7, 11) is 0. The van der Waals surface area contributed by atoms with Crippen molar-refractivity contribution in [1.29, 1.82) is 0 Å². The summed E-state index contributed by atoms with van der Waals surface area (Å²) in [6.45, 7) is 0. The maximum atomic E-state index is 9.89. The van der Waals surface area contributed by atoms with Gasteiger partial charge in [-0.15, -0.1) is 0 Å². The van der Waals surface area contributed by atoms with Crippen LogP contribution in [0.2, 0.25) is 0 Å². The van der Waals surface area contributed by atoms with Gasteiger partial charge in [0.1, 0.15) is 0 Å². The molecular formula is AgF6Sb. The third-order valence-electron chi connectivity index (χ3n) is 0. The zero-order valence-electron chi connectivity index (χ0n) is 3.02. The van der Waals surface area contributed by atoms with Crippen LogP contribution in [-0.4, -0.2) is 21.1 Å². The van der Waals surface area contributed by atoms with Gasteiger partial charge in [0.15, 0.2) is 0 Å². The van der Waals surface area contributed by atoms with Crippen molar-refractivity contribution in [2.75, 3.05) is 0 Å². The Morgan fingerprint density at radius 2 is 0.875 bits per heavy atom. The quantitative estimate of drug-likeness (QED) is 0.467. The molecule has 0 amide bonds. The van der Waals surface area contributed by atoms with Crippen molar-refractivity contribution in [3.05, 3.63) is 0 Å². The summed E-state index contributed by atoms with van der Waals surface area (Å²) in [5, 5.41) is 0. The van der Waals surface area contributed by atoms with Gasteiger partial charge < -0.3 is 0 Å². The molecule has 0 nitrogen and oxygen atoms in total. The van der Waals surface area contributed by atoms with Crippen molar-refractivity contribution in [1.82, 2.24) is 0 Å². The zero-order chi connectivity index (χ0) is 7.21. The molecule has 0 saturated carbocycles. The van der Waals surface area contributed by atoms with Crippen LogP contribution in [0.15, 0.2) is 0 Å². The van der Waals surface area contributed by atoms with E-state index in [4.69, 9.17) is 0 Å². The average molecular weight is 344 g/mol. The molecule has 0 aromatic carbocycles. The second kappa shape index (κ2) is 6.26. The molecule has 0 aliphatic rings. The van der Waals surface area contributed by atoms with Crippen LogP contribution in [0.25, 0.3) is 0 Å². The van der Waals surface area contributed by atoms with E-state index in [1.807, 2.05) is 0 Å². The first kappa shape index (κ1) is 11.9. The monoisotopic (exact) mass is 342 g/mol. The maximum absolute atomic E-state index is 9.89. The summed E-state index contributed by atoms with van der Waals surface area (Å²) in [5.74, 6) is 0. The molecule has 0 aromatic rings. The molecule has 0 aromatic heterocycles. The van der Waals surface area contributed by atoms with Gasteiger partial charge in [0.05, 0.1) is 0 Å². The Hall–Kier alpha value is 1.14. The van der Waals surface area contributed by atoms with E-state index < -0.39 is 42.0 Å². The SMILES string of the molecule is [F][Ag][F].[F][Sb]([F])([F])[F]. The summed E-state index contributed by atoms with van der Waals surface area (Å²) in [4.78, 5) is 0. The number of halogens is 6. The zero-order valence-corrected chi connectivity index (χ0v) is 7.05. The van der Waals surface area contributed by atoms with E-state index in [1.165, 1.54) is 0 Å². The van der Waals surface area contributed by atoms with Gasteiger partial charge in [-0.3, -0.25) is 0 Å². The Kier molecular flexibility index (Phi) is 9.30. The normalized spacial score (nSPS) is 10.2. The molecule has 0 atom stereocenters. The van der Waals surface area contributed by atoms with Crippen LogP contribution in [-0.2, 0) is 20.8 Å². The Morgan fingerprint density at radius 1 is 0.875 bits per heavy atom.